The van der Waals surface area contributed by atoms with Crippen molar-refractivity contribution in [1.82, 2.24) is 9.80 Å². The molecule has 2 atom stereocenters. The van der Waals surface area contributed by atoms with Crippen LogP contribution in [-0.4, -0.2) is 64.6 Å². The summed E-state index contributed by atoms with van der Waals surface area (Å²) in [5, 5.41) is 0. The summed E-state index contributed by atoms with van der Waals surface area (Å²) >= 11 is 0. The quantitative estimate of drug-likeness (QED) is 0.271. The summed E-state index contributed by atoms with van der Waals surface area (Å²) in [6.07, 6.45) is 2.06. The molecule has 4 rings (SSSR count). The van der Waals surface area contributed by atoms with Crippen LogP contribution in [0, 0.1) is 11.8 Å². The van der Waals surface area contributed by atoms with Crippen molar-refractivity contribution in [3.63, 3.8) is 0 Å². The lowest BCUT2D eigenvalue weighted by Gasteiger charge is -2.37. The number of carbonyl (C=O) groups excluding carboxylic acids is 1. The van der Waals surface area contributed by atoms with Crippen LogP contribution in [0.4, 0.5) is 0 Å². The molecule has 2 aromatic carbocycles. The molecule has 3 nitrogen and oxygen atoms in total. The van der Waals surface area contributed by atoms with Gasteiger partial charge >= 0.3 is 0 Å². The van der Waals surface area contributed by atoms with Gasteiger partial charge in [0.05, 0.1) is 8.07 Å². The van der Waals surface area contributed by atoms with Gasteiger partial charge in [0.1, 0.15) is 0 Å². The fourth-order valence-corrected chi connectivity index (χ4v) is 10.7. The Bertz CT molecular complexity index is 1190. The number of rotatable bonds is 7. The van der Waals surface area contributed by atoms with Crippen molar-refractivity contribution in [2.75, 3.05) is 32.7 Å². The van der Waals surface area contributed by atoms with E-state index in [4.69, 9.17) is 0 Å². The van der Waals surface area contributed by atoms with Gasteiger partial charge in [0.25, 0.3) is 0 Å². The molecule has 0 radical (unpaired) electrons. The average molecular weight is 686 g/mol. The summed E-state index contributed by atoms with van der Waals surface area (Å²) in [6, 6.07) is 23.6. The predicted octanol–water partition coefficient (Wildman–Crippen LogP) is 10.3. The van der Waals surface area contributed by atoms with E-state index in [2.05, 4.69) is 140 Å². The van der Waals surface area contributed by atoms with Gasteiger partial charge in [-0.1, -0.05) is 130 Å². The van der Waals surface area contributed by atoms with Crippen molar-refractivity contribution >= 4 is 34.5 Å². The maximum Gasteiger partial charge on any atom is 0.225 e. The molecule has 1 amide bonds. The molecule has 0 spiro atoms. The second kappa shape index (κ2) is 16.8. The lowest BCUT2D eigenvalue weighted by molar-refractivity contribution is -0.134. The van der Waals surface area contributed by atoms with Crippen LogP contribution < -0.4 is 0 Å². The van der Waals surface area contributed by atoms with E-state index in [9.17, 15) is 4.79 Å². The number of nitrogens with zero attached hydrogens (tertiary/aromatic N) is 2. The number of halogens is 1. The van der Waals surface area contributed by atoms with Crippen LogP contribution in [0.25, 0.3) is 0 Å². The van der Waals surface area contributed by atoms with Gasteiger partial charge in [0.15, 0.2) is 0 Å². The molecule has 6 heteroatoms. The summed E-state index contributed by atoms with van der Waals surface area (Å²) in [6.45, 7) is 33.9. The molecule has 2 aromatic rings. The largest absolute Gasteiger partial charge is 0.343 e. The minimum Gasteiger partial charge on any atom is -0.343 e. The topological polar surface area (TPSA) is 23.6 Å². The highest BCUT2D eigenvalue weighted by molar-refractivity contribution is 6.78. The highest BCUT2D eigenvalue weighted by atomic mass is 35.5. The zero-order valence-electron chi connectivity index (χ0n) is 31.8. The van der Waals surface area contributed by atoms with Gasteiger partial charge in [-0.15, -0.1) is 12.4 Å². The van der Waals surface area contributed by atoms with E-state index in [0.717, 1.165) is 25.4 Å². The molecule has 0 bridgehead atoms. The van der Waals surface area contributed by atoms with Crippen LogP contribution in [-0.2, 0) is 28.5 Å². The molecule has 260 valence electrons. The first kappa shape index (κ1) is 40.8. The Labute approximate surface area is 292 Å². The van der Waals surface area contributed by atoms with Crippen molar-refractivity contribution < 1.29 is 4.79 Å². The van der Waals surface area contributed by atoms with Gasteiger partial charge in [-0.2, -0.15) is 0 Å². The normalized spacial score (nSPS) is 19.7. The SMILES string of the molecule is CC(Cc1ccc(C(C)(C)C)cc1)C(=O)N1CC[Si](C)(C)CC1.CC(Cc1ccc(C(C)(C)C)cc1)CN1CC[Si](C)(C)CC1.Cl. The lowest BCUT2D eigenvalue weighted by atomic mass is 9.86. The number of amides is 1. The highest BCUT2D eigenvalue weighted by Gasteiger charge is 2.31. The zero-order valence-corrected chi connectivity index (χ0v) is 34.6. The van der Waals surface area contributed by atoms with E-state index >= 15 is 0 Å². The van der Waals surface area contributed by atoms with Crippen LogP contribution in [0.3, 0.4) is 0 Å². The summed E-state index contributed by atoms with van der Waals surface area (Å²) in [4.78, 5) is 17.5. The van der Waals surface area contributed by atoms with E-state index in [1.165, 1.54) is 72.5 Å². The Hall–Kier alpha value is -1.41. The third-order valence-electron chi connectivity index (χ3n) is 10.4. The molecule has 2 heterocycles. The second-order valence-corrected chi connectivity index (χ2v) is 28.9. The molecule has 2 aliphatic heterocycles. The van der Waals surface area contributed by atoms with E-state index in [1.807, 2.05) is 0 Å². The maximum absolute atomic E-state index is 12.7. The Morgan fingerprint density at radius 2 is 1.02 bits per heavy atom. The molecule has 46 heavy (non-hydrogen) atoms. The zero-order chi connectivity index (χ0) is 33.6. The lowest BCUT2D eigenvalue weighted by Crippen LogP contribution is -2.47. The van der Waals surface area contributed by atoms with E-state index in [-0.39, 0.29) is 29.2 Å². The van der Waals surface area contributed by atoms with Crippen LogP contribution in [0.15, 0.2) is 48.5 Å². The standard InChI is InChI=1S/C20H33NOSi.C20H35NSi.ClH/c1-16(19(22)21-11-13-23(5,6)14-12-21)15-17-7-9-18(10-8-17)20(2,3)4;1-17(16-21-11-13-22(5,6)14-12-21)15-18-7-9-19(10-8-18)20(2,3)4;/h7-10,16H,11-15H2,1-6H3;7-10,17H,11-16H2,1-6H3;1H. The first-order chi connectivity index (χ1) is 20.7. The van der Waals surface area contributed by atoms with Crippen LogP contribution in [0.2, 0.25) is 50.4 Å². The summed E-state index contributed by atoms with van der Waals surface area (Å²) in [7, 11) is -1.83. The van der Waals surface area contributed by atoms with E-state index in [0.29, 0.717) is 5.91 Å². The third kappa shape index (κ3) is 13.2. The third-order valence-corrected chi connectivity index (χ3v) is 16.7. The van der Waals surface area contributed by atoms with Gasteiger partial charge in [-0.3, -0.25) is 4.79 Å². The molecular formula is C40H69ClN2OSi2. The molecule has 2 unspecified atom stereocenters. The number of hydrogen-bond acceptors (Lipinski definition) is 2. The molecule has 2 aliphatic rings. The van der Waals surface area contributed by atoms with Crippen molar-refractivity contribution in [1.29, 1.82) is 0 Å². The minimum atomic E-state index is -1.01. The van der Waals surface area contributed by atoms with Crippen LogP contribution >= 0.6 is 12.4 Å². The number of benzene rings is 2. The molecular weight excluding hydrogens is 616 g/mol. The Morgan fingerprint density at radius 3 is 1.41 bits per heavy atom. The van der Waals surface area contributed by atoms with Gasteiger partial charge in [-0.05, 0) is 89.1 Å². The van der Waals surface area contributed by atoms with Crippen molar-refractivity contribution in [2.45, 2.75) is 129 Å². The Morgan fingerprint density at radius 1 is 0.652 bits per heavy atom. The fraction of sp³-hybridized carbons (Fsp3) is 0.675. The second-order valence-electron chi connectivity index (χ2n) is 18.3. The minimum absolute atomic E-state index is 0. The van der Waals surface area contributed by atoms with E-state index in [1.54, 1.807) is 0 Å². The van der Waals surface area contributed by atoms with Crippen LogP contribution in [0.5, 0.6) is 0 Å². The maximum atomic E-state index is 12.7. The van der Waals surface area contributed by atoms with E-state index < -0.39 is 16.1 Å². The molecule has 0 aliphatic carbocycles. The predicted molar refractivity (Wildman–Crippen MR) is 210 cm³/mol. The smallest absolute Gasteiger partial charge is 0.225 e. The van der Waals surface area contributed by atoms with Crippen molar-refractivity contribution in [2.24, 2.45) is 11.8 Å². The molecule has 0 aromatic heterocycles. The van der Waals surface area contributed by atoms with Crippen molar-refractivity contribution in [3.05, 3.63) is 70.8 Å². The summed E-state index contributed by atoms with van der Waals surface area (Å²) < 4.78 is 0. The van der Waals surface area contributed by atoms with Gasteiger partial charge in [-0.25, -0.2) is 0 Å². The highest BCUT2D eigenvalue weighted by Crippen LogP contribution is 2.27. The first-order valence-electron chi connectivity index (χ1n) is 17.9. The number of carbonyl (C=O) groups is 1. The van der Waals surface area contributed by atoms with Crippen molar-refractivity contribution in [3.8, 4) is 0 Å². The first-order valence-corrected chi connectivity index (χ1v) is 24.8. The molecule has 2 saturated heterocycles. The Balaban J connectivity index is 0.000000314. The summed E-state index contributed by atoms with van der Waals surface area (Å²) in [5.74, 6) is 1.18. The molecule has 0 saturated carbocycles. The van der Waals surface area contributed by atoms with Gasteiger partial charge < -0.3 is 9.80 Å². The molecule has 0 N–H and O–H groups in total. The van der Waals surface area contributed by atoms with Crippen LogP contribution in [0.1, 0.15) is 77.6 Å². The Kier molecular flexibility index (Phi) is 14.9. The summed E-state index contributed by atoms with van der Waals surface area (Å²) in [5.41, 5.74) is 5.99. The molecule has 2 fully saturated rings. The number of hydrogen-bond donors (Lipinski definition) is 0. The van der Waals surface area contributed by atoms with Gasteiger partial charge in [0.2, 0.25) is 5.91 Å². The average Bonchev–Trinajstić information content (AvgIpc) is 2.94. The monoisotopic (exact) mass is 684 g/mol. The fourth-order valence-electron chi connectivity index (χ4n) is 6.62. The van der Waals surface area contributed by atoms with Gasteiger partial charge in [0, 0.05) is 33.6 Å².